The van der Waals surface area contributed by atoms with Gasteiger partial charge in [0.2, 0.25) is 5.91 Å². The largest absolute Gasteiger partial charge is 0.324 e. The molecule has 0 heterocycles. The van der Waals surface area contributed by atoms with E-state index in [-0.39, 0.29) is 5.91 Å². The Hall–Kier alpha value is -0.580. The molecule has 3 nitrogen and oxygen atoms in total. The van der Waals surface area contributed by atoms with E-state index < -0.39 is 6.04 Å². The van der Waals surface area contributed by atoms with Gasteiger partial charge in [-0.3, -0.25) is 4.79 Å². The third kappa shape index (κ3) is 3.44. The maximum Gasteiger partial charge on any atom is 0.241 e. The van der Waals surface area contributed by atoms with E-state index in [1.807, 2.05) is 0 Å². The second-order valence-corrected chi connectivity index (χ2v) is 5.58. The molecule has 2 rings (SSSR count). The van der Waals surface area contributed by atoms with E-state index in [0.717, 1.165) is 6.42 Å². The lowest BCUT2D eigenvalue weighted by Gasteiger charge is -2.13. The van der Waals surface area contributed by atoms with Crippen molar-refractivity contribution >= 4 is 39.1 Å². The first-order chi connectivity index (χ1) is 8.08. The van der Waals surface area contributed by atoms with E-state index in [1.54, 1.807) is 18.2 Å². The standard InChI is InChI=1S/C12H14BrClN2O/c13-11-8(14)2-1-3-10(11)16-12(17)9(15)6-7-4-5-7/h1-3,7,9H,4-6,15H2,(H,16,17). The topological polar surface area (TPSA) is 55.1 Å². The molecular weight excluding hydrogens is 304 g/mol. The summed E-state index contributed by atoms with van der Waals surface area (Å²) in [6.07, 6.45) is 3.16. The second-order valence-electron chi connectivity index (χ2n) is 4.38. The van der Waals surface area contributed by atoms with E-state index in [0.29, 0.717) is 21.1 Å². The molecule has 0 radical (unpaired) electrons. The number of hydrogen-bond donors (Lipinski definition) is 2. The van der Waals surface area contributed by atoms with Gasteiger partial charge in [-0.2, -0.15) is 0 Å². The van der Waals surface area contributed by atoms with Crippen LogP contribution >= 0.6 is 27.5 Å². The number of nitrogens with two attached hydrogens (primary N) is 1. The fourth-order valence-corrected chi connectivity index (χ4v) is 2.18. The third-order valence-electron chi connectivity index (χ3n) is 2.83. The summed E-state index contributed by atoms with van der Waals surface area (Å²) in [5.74, 6) is 0.485. The zero-order chi connectivity index (χ0) is 12.4. The minimum absolute atomic E-state index is 0.153. The quantitative estimate of drug-likeness (QED) is 0.896. The summed E-state index contributed by atoms with van der Waals surface area (Å²) in [7, 11) is 0. The molecule has 1 atom stereocenters. The minimum Gasteiger partial charge on any atom is -0.324 e. The smallest absolute Gasteiger partial charge is 0.241 e. The third-order valence-corrected chi connectivity index (χ3v) is 4.23. The lowest BCUT2D eigenvalue weighted by molar-refractivity contribution is -0.117. The Kier molecular flexibility index (Phi) is 4.07. The number of carbonyl (C=O) groups is 1. The average Bonchev–Trinajstić information content (AvgIpc) is 3.08. The summed E-state index contributed by atoms with van der Waals surface area (Å²) in [5.41, 5.74) is 6.49. The SMILES string of the molecule is NC(CC1CC1)C(=O)Nc1cccc(Cl)c1Br. The summed E-state index contributed by atoms with van der Waals surface area (Å²) in [4.78, 5) is 11.8. The van der Waals surface area contributed by atoms with Gasteiger partial charge in [0.05, 0.1) is 21.2 Å². The van der Waals surface area contributed by atoms with E-state index >= 15 is 0 Å². The summed E-state index contributed by atoms with van der Waals surface area (Å²) >= 11 is 9.28. The second kappa shape index (κ2) is 5.38. The highest BCUT2D eigenvalue weighted by molar-refractivity contribution is 9.10. The van der Waals surface area contributed by atoms with Gasteiger partial charge in [-0.15, -0.1) is 0 Å². The summed E-state index contributed by atoms with van der Waals surface area (Å²) < 4.78 is 0.689. The number of halogens is 2. The maximum absolute atomic E-state index is 11.8. The van der Waals surface area contributed by atoms with Crippen molar-refractivity contribution in [1.82, 2.24) is 0 Å². The van der Waals surface area contributed by atoms with Gasteiger partial charge in [-0.25, -0.2) is 0 Å². The van der Waals surface area contributed by atoms with Crippen molar-refractivity contribution in [1.29, 1.82) is 0 Å². The minimum atomic E-state index is -0.437. The van der Waals surface area contributed by atoms with Gasteiger partial charge in [0.15, 0.2) is 0 Å². The normalized spacial score (nSPS) is 16.6. The highest BCUT2D eigenvalue weighted by Crippen LogP contribution is 2.34. The first kappa shape index (κ1) is 12.9. The highest BCUT2D eigenvalue weighted by Gasteiger charge is 2.27. The van der Waals surface area contributed by atoms with Crippen LogP contribution in [0.2, 0.25) is 5.02 Å². The number of hydrogen-bond acceptors (Lipinski definition) is 2. The van der Waals surface area contributed by atoms with E-state index in [4.69, 9.17) is 17.3 Å². The van der Waals surface area contributed by atoms with Crippen molar-refractivity contribution in [3.05, 3.63) is 27.7 Å². The molecule has 17 heavy (non-hydrogen) atoms. The van der Waals surface area contributed by atoms with Crippen LogP contribution in [-0.2, 0) is 4.79 Å². The Morgan fingerprint density at radius 3 is 2.94 bits per heavy atom. The molecule has 3 N–H and O–H groups in total. The molecule has 0 aliphatic heterocycles. The van der Waals surface area contributed by atoms with Gasteiger partial charge in [0.25, 0.3) is 0 Å². The van der Waals surface area contributed by atoms with Crippen LogP contribution in [0.3, 0.4) is 0 Å². The molecule has 1 aromatic carbocycles. The molecular formula is C12H14BrClN2O. The summed E-state index contributed by atoms with van der Waals surface area (Å²) in [6.45, 7) is 0. The number of carbonyl (C=O) groups excluding carboxylic acids is 1. The number of rotatable bonds is 4. The van der Waals surface area contributed by atoms with Crippen LogP contribution in [0.1, 0.15) is 19.3 Å². The van der Waals surface area contributed by atoms with Crippen molar-refractivity contribution in [2.75, 3.05) is 5.32 Å². The van der Waals surface area contributed by atoms with Gasteiger partial charge >= 0.3 is 0 Å². The van der Waals surface area contributed by atoms with Crippen LogP contribution in [0, 0.1) is 5.92 Å². The molecule has 1 aromatic rings. The Morgan fingerprint density at radius 2 is 2.29 bits per heavy atom. The Bertz CT molecular complexity index is 435. The average molecular weight is 318 g/mol. The molecule has 0 aromatic heterocycles. The number of nitrogens with one attached hydrogen (secondary N) is 1. The fraction of sp³-hybridized carbons (Fsp3) is 0.417. The monoisotopic (exact) mass is 316 g/mol. The molecule has 1 amide bonds. The Labute approximate surface area is 114 Å². The molecule has 1 fully saturated rings. The lowest BCUT2D eigenvalue weighted by atomic mass is 10.1. The van der Waals surface area contributed by atoms with E-state index in [9.17, 15) is 4.79 Å². The van der Waals surface area contributed by atoms with Gasteiger partial charge in [0, 0.05) is 0 Å². The fourth-order valence-electron chi connectivity index (χ4n) is 1.65. The van der Waals surface area contributed by atoms with Crippen molar-refractivity contribution < 1.29 is 4.79 Å². The zero-order valence-electron chi connectivity index (χ0n) is 9.25. The molecule has 0 saturated heterocycles. The van der Waals surface area contributed by atoms with E-state index in [1.165, 1.54) is 12.8 Å². The van der Waals surface area contributed by atoms with Crippen LogP contribution in [0.15, 0.2) is 22.7 Å². The number of amides is 1. The zero-order valence-corrected chi connectivity index (χ0v) is 11.6. The van der Waals surface area contributed by atoms with Crippen LogP contribution in [0.4, 0.5) is 5.69 Å². The predicted octanol–water partition coefficient (Wildman–Crippen LogP) is 3.17. The van der Waals surface area contributed by atoms with Crippen LogP contribution in [0.5, 0.6) is 0 Å². The van der Waals surface area contributed by atoms with Crippen molar-refractivity contribution in [2.45, 2.75) is 25.3 Å². The number of benzene rings is 1. The van der Waals surface area contributed by atoms with Crippen LogP contribution in [-0.4, -0.2) is 11.9 Å². The Morgan fingerprint density at radius 1 is 1.59 bits per heavy atom. The summed E-state index contributed by atoms with van der Waals surface area (Å²) in [6, 6.07) is 4.89. The lowest BCUT2D eigenvalue weighted by Crippen LogP contribution is -2.36. The Balaban J connectivity index is 1.99. The van der Waals surface area contributed by atoms with Crippen LogP contribution in [0.25, 0.3) is 0 Å². The molecule has 92 valence electrons. The van der Waals surface area contributed by atoms with Crippen LogP contribution < -0.4 is 11.1 Å². The predicted molar refractivity (Wildman–Crippen MR) is 73.1 cm³/mol. The van der Waals surface area contributed by atoms with Gasteiger partial charge in [-0.05, 0) is 40.4 Å². The van der Waals surface area contributed by atoms with Gasteiger partial charge < -0.3 is 11.1 Å². The first-order valence-corrected chi connectivity index (χ1v) is 6.75. The van der Waals surface area contributed by atoms with E-state index in [2.05, 4.69) is 21.2 Å². The molecule has 1 aliphatic carbocycles. The molecule has 0 spiro atoms. The molecule has 5 heteroatoms. The maximum atomic E-state index is 11.8. The molecule has 1 unspecified atom stereocenters. The molecule has 1 aliphatic rings. The van der Waals surface area contributed by atoms with Gasteiger partial charge in [0.1, 0.15) is 0 Å². The highest BCUT2D eigenvalue weighted by atomic mass is 79.9. The van der Waals surface area contributed by atoms with Crippen molar-refractivity contribution in [3.63, 3.8) is 0 Å². The van der Waals surface area contributed by atoms with Crippen molar-refractivity contribution in [3.8, 4) is 0 Å². The first-order valence-electron chi connectivity index (χ1n) is 5.58. The van der Waals surface area contributed by atoms with Crippen molar-refractivity contribution in [2.24, 2.45) is 11.7 Å². The molecule has 0 bridgehead atoms. The van der Waals surface area contributed by atoms with Gasteiger partial charge in [-0.1, -0.05) is 30.5 Å². The molecule has 1 saturated carbocycles. The number of anilines is 1. The summed E-state index contributed by atoms with van der Waals surface area (Å²) in [5, 5.41) is 3.36.